The number of pyridine rings is 1. The number of carbonyl (C=O) groups is 1. The number of hydrogen-bond acceptors (Lipinski definition) is 6. The molecule has 21 heavy (non-hydrogen) atoms. The van der Waals surface area contributed by atoms with E-state index in [0.717, 1.165) is 0 Å². The summed E-state index contributed by atoms with van der Waals surface area (Å²) in [6, 6.07) is 9.04. The van der Waals surface area contributed by atoms with E-state index in [1.165, 1.54) is 26.2 Å². The molecule has 0 aliphatic carbocycles. The van der Waals surface area contributed by atoms with Crippen molar-refractivity contribution in [2.45, 2.75) is 6.92 Å². The van der Waals surface area contributed by atoms with Crippen LogP contribution in [0.2, 0.25) is 0 Å². The molecule has 0 N–H and O–H groups in total. The van der Waals surface area contributed by atoms with Gasteiger partial charge in [-0.25, -0.2) is 9.78 Å². The fraction of sp³-hybridized carbons (Fsp3) is 0.143. The highest BCUT2D eigenvalue weighted by atomic mass is 16.6. The number of ether oxygens (including phenoxy) is 2. The Hall–Kier alpha value is -2.96. The van der Waals surface area contributed by atoms with Gasteiger partial charge < -0.3 is 9.47 Å². The summed E-state index contributed by atoms with van der Waals surface area (Å²) in [6.07, 6.45) is 0. The third-order valence-electron chi connectivity index (χ3n) is 2.73. The van der Waals surface area contributed by atoms with Crippen LogP contribution in [0.4, 0.5) is 5.69 Å². The van der Waals surface area contributed by atoms with Crippen LogP contribution in [0.25, 0.3) is 0 Å². The quantitative estimate of drug-likeness (QED) is 0.488. The summed E-state index contributed by atoms with van der Waals surface area (Å²) in [5, 5.41) is 10.7. The number of esters is 1. The molecule has 0 spiro atoms. The van der Waals surface area contributed by atoms with Crippen LogP contribution in [0, 0.1) is 17.0 Å². The smallest absolute Gasteiger partial charge is 0.337 e. The van der Waals surface area contributed by atoms with Gasteiger partial charge in [-0.1, -0.05) is 0 Å². The van der Waals surface area contributed by atoms with Crippen LogP contribution >= 0.6 is 0 Å². The molecular weight excluding hydrogens is 276 g/mol. The molecule has 2 aromatic rings. The summed E-state index contributed by atoms with van der Waals surface area (Å²) in [5.41, 5.74) is 0.602. The predicted molar refractivity (Wildman–Crippen MR) is 73.5 cm³/mol. The third kappa shape index (κ3) is 3.33. The maximum Gasteiger partial charge on any atom is 0.337 e. The number of carbonyl (C=O) groups excluding carboxylic acids is 1. The molecule has 7 nitrogen and oxygen atoms in total. The standard InChI is InChI=1S/C14H12N2O5/c1-9-12(16(18)19)7-8-13(15-9)21-11-5-3-10(4-6-11)14(17)20-2/h3-8H,1-2H3. The maximum atomic E-state index is 11.3. The van der Waals surface area contributed by atoms with Crippen molar-refractivity contribution in [3.63, 3.8) is 0 Å². The number of aryl methyl sites for hydroxylation is 1. The number of methoxy groups -OCH3 is 1. The lowest BCUT2D eigenvalue weighted by Crippen LogP contribution is -2.00. The molecule has 0 aliphatic rings. The Morgan fingerprint density at radius 1 is 1.19 bits per heavy atom. The predicted octanol–water partition coefficient (Wildman–Crippen LogP) is 2.88. The minimum atomic E-state index is -0.503. The number of aromatic nitrogens is 1. The van der Waals surface area contributed by atoms with Crippen LogP contribution < -0.4 is 4.74 Å². The molecule has 0 amide bonds. The van der Waals surface area contributed by atoms with Gasteiger partial charge in [0.2, 0.25) is 5.88 Å². The van der Waals surface area contributed by atoms with E-state index in [1.54, 1.807) is 24.3 Å². The Morgan fingerprint density at radius 3 is 2.38 bits per heavy atom. The van der Waals surface area contributed by atoms with Crippen molar-refractivity contribution >= 4 is 11.7 Å². The second-order valence-electron chi connectivity index (χ2n) is 4.13. The van der Waals surface area contributed by atoms with Crippen LogP contribution in [0.15, 0.2) is 36.4 Å². The highest BCUT2D eigenvalue weighted by molar-refractivity contribution is 5.89. The van der Waals surface area contributed by atoms with Gasteiger partial charge in [-0.05, 0) is 31.2 Å². The summed E-state index contributed by atoms with van der Waals surface area (Å²) in [5.74, 6) is 0.262. The van der Waals surface area contributed by atoms with E-state index >= 15 is 0 Å². The molecule has 7 heteroatoms. The normalized spacial score (nSPS) is 10.0. The number of benzene rings is 1. The highest BCUT2D eigenvalue weighted by Gasteiger charge is 2.13. The summed E-state index contributed by atoms with van der Waals surface area (Å²) in [7, 11) is 1.30. The van der Waals surface area contributed by atoms with Crippen LogP contribution in [-0.4, -0.2) is 23.0 Å². The lowest BCUT2D eigenvalue weighted by atomic mass is 10.2. The zero-order valence-corrected chi connectivity index (χ0v) is 11.4. The fourth-order valence-electron chi connectivity index (χ4n) is 1.68. The molecule has 1 aromatic carbocycles. The van der Waals surface area contributed by atoms with Crippen molar-refractivity contribution in [2.75, 3.05) is 7.11 Å². The number of nitrogens with zero attached hydrogens (tertiary/aromatic N) is 2. The SMILES string of the molecule is COC(=O)c1ccc(Oc2ccc([N+](=O)[O-])c(C)n2)cc1. The fourth-order valence-corrected chi connectivity index (χ4v) is 1.68. The average molecular weight is 288 g/mol. The summed E-state index contributed by atoms with van der Waals surface area (Å²) in [6.45, 7) is 1.53. The van der Waals surface area contributed by atoms with Gasteiger partial charge in [0.15, 0.2) is 0 Å². The molecule has 0 unspecified atom stereocenters. The molecule has 0 bridgehead atoms. The van der Waals surface area contributed by atoms with Crippen LogP contribution in [-0.2, 0) is 4.74 Å². The van der Waals surface area contributed by atoms with Crippen LogP contribution in [0.5, 0.6) is 11.6 Å². The Kier molecular flexibility index (Phi) is 4.13. The Balaban J connectivity index is 2.17. The minimum Gasteiger partial charge on any atom is -0.465 e. The topological polar surface area (TPSA) is 91.6 Å². The molecule has 0 radical (unpaired) electrons. The molecule has 0 aliphatic heterocycles. The third-order valence-corrected chi connectivity index (χ3v) is 2.73. The van der Waals surface area contributed by atoms with Crippen molar-refractivity contribution in [1.82, 2.24) is 4.98 Å². The molecule has 0 saturated carbocycles. The monoisotopic (exact) mass is 288 g/mol. The molecule has 0 saturated heterocycles. The first-order valence-electron chi connectivity index (χ1n) is 5.99. The van der Waals surface area contributed by atoms with Gasteiger partial charge in [0, 0.05) is 12.1 Å². The summed E-state index contributed by atoms with van der Waals surface area (Å²) >= 11 is 0. The largest absolute Gasteiger partial charge is 0.465 e. The van der Waals surface area contributed by atoms with Crippen molar-refractivity contribution in [2.24, 2.45) is 0 Å². The first kappa shape index (κ1) is 14.4. The average Bonchev–Trinajstić information content (AvgIpc) is 2.47. The first-order chi connectivity index (χ1) is 10.0. The molecular formula is C14H12N2O5. The van der Waals surface area contributed by atoms with E-state index < -0.39 is 10.9 Å². The van der Waals surface area contributed by atoms with Gasteiger partial charge in [-0.2, -0.15) is 0 Å². The van der Waals surface area contributed by atoms with Gasteiger partial charge in [0.25, 0.3) is 5.69 Å². The summed E-state index contributed by atoms with van der Waals surface area (Å²) in [4.78, 5) is 25.5. The second kappa shape index (κ2) is 6.00. The first-order valence-corrected chi connectivity index (χ1v) is 5.99. The van der Waals surface area contributed by atoms with Gasteiger partial charge in [0.1, 0.15) is 11.4 Å². The van der Waals surface area contributed by atoms with Crippen molar-refractivity contribution in [1.29, 1.82) is 0 Å². The Morgan fingerprint density at radius 2 is 1.86 bits per heavy atom. The molecule has 0 fully saturated rings. The van der Waals surface area contributed by atoms with Crippen molar-refractivity contribution in [3.8, 4) is 11.6 Å². The van der Waals surface area contributed by atoms with Crippen LogP contribution in [0.3, 0.4) is 0 Å². The molecule has 1 aromatic heterocycles. The minimum absolute atomic E-state index is 0.0663. The second-order valence-corrected chi connectivity index (χ2v) is 4.13. The zero-order chi connectivity index (χ0) is 15.4. The van der Waals surface area contributed by atoms with Gasteiger partial charge >= 0.3 is 5.97 Å². The number of rotatable bonds is 4. The maximum absolute atomic E-state index is 11.3. The van der Waals surface area contributed by atoms with E-state index in [9.17, 15) is 14.9 Å². The van der Waals surface area contributed by atoms with E-state index in [1.807, 2.05) is 0 Å². The van der Waals surface area contributed by atoms with Crippen molar-refractivity contribution < 1.29 is 19.2 Å². The highest BCUT2D eigenvalue weighted by Crippen LogP contribution is 2.24. The van der Waals surface area contributed by atoms with E-state index in [-0.39, 0.29) is 17.3 Å². The van der Waals surface area contributed by atoms with Crippen LogP contribution in [0.1, 0.15) is 16.1 Å². The van der Waals surface area contributed by atoms with E-state index in [0.29, 0.717) is 11.3 Å². The Bertz CT molecular complexity index is 682. The zero-order valence-electron chi connectivity index (χ0n) is 11.4. The molecule has 0 atom stereocenters. The van der Waals surface area contributed by atoms with Crippen molar-refractivity contribution in [3.05, 3.63) is 57.8 Å². The van der Waals surface area contributed by atoms with Gasteiger partial charge in [0.05, 0.1) is 17.6 Å². The van der Waals surface area contributed by atoms with Gasteiger partial charge in [-0.3, -0.25) is 10.1 Å². The van der Waals surface area contributed by atoms with E-state index in [4.69, 9.17) is 4.74 Å². The van der Waals surface area contributed by atoms with Gasteiger partial charge in [-0.15, -0.1) is 0 Å². The molecule has 1 heterocycles. The summed E-state index contributed by atoms with van der Waals surface area (Å²) < 4.78 is 10.1. The molecule has 108 valence electrons. The lowest BCUT2D eigenvalue weighted by Gasteiger charge is -2.06. The lowest BCUT2D eigenvalue weighted by molar-refractivity contribution is -0.385. The van der Waals surface area contributed by atoms with E-state index in [2.05, 4.69) is 9.72 Å². The molecule has 2 rings (SSSR count). The number of nitro groups is 1. The Labute approximate surface area is 120 Å². The number of hydrogen-bond donors (Lipinski definition) is 0.